The first-order chi connectivity index (χ1) is 12.7. The van der Waals surface area contributed by atoms with E-state index in [0.29, 0.717) is 11.8 Å². The highest BCUT2D eigenvalue weighted by atomic mass is 15.2. The number of nitrogen functional groups attached to an aromatic ring is 1. The van der Waals surface area contributed by atoms with Crippen molar-refractivity contribution in [3.8, 4) is 0 Å². The zero-order valence-corrected chi connectivity index (χ0v) is 16.0. The van der Waals surface area contributed by atoms with Gasteiger partial charge in [-0.05, 0) is 80.3 Å². The third-order valence-electron chi connectivity index (χ3n) is 6.64. The van der Waals surface area contributed by atoms with Gasteiger partial charge < -0.3 is 5.73 Å². The fourth-order valence-corrected chi connectivity index (χ4v) is 5.25. The highest BCUT2D eigenvalue weighted by Gasteiger charge is 2.33. The largest absolute Gasteiger partial charge is 0.398 e. The molecule has 4 rings (SSSR count). The van der Waals surface area contributed by atoms with Crippen LogP contribution in [0.25, 0.3) is 0 Å². The highest BCUT2D eigenvalue weighted by molar-refractivity contribution is 5.51. The Morgan fingerprint density at radius 3 is 2.35 bits per heavy atom. The fraction of sp³-hybridized carbons (Fsp3) is 0.500. The van der Waals surface area contributed by atoms with Gasteiger partial charge in [-0.1, -0.05) is 55.3 Å². The summed E-state index contributed by atoms with van der Waals surface area (Å²) in [4.78, 5) is 2.79. The highest BCUT2D eigenvalue weighted by Crippen LogP contribution is 2.39. The van der Waals surface area contributed by atoms with E-state index in [9.17, 15) is 0 Å². The van der Waals surface area contributed by atoms with E-state index in [-0.39, 0.29) is 0 Å². The molecule has 26 heavy (non-hydrogen) atoms. The van der Waals surface area contributed by atoms with Gasteiger partial charge in [0.15, 0.2) is 0 Å². The molecular formula is C24H32N2. The van der Waals surface area contributed by atoms with E-state index in [1.807, 2.05) is 0 Å². The van der Waals surface area contributed by atoms with Crippen LogP contribution >= 0.6 is 0 Å². The number of nitrogens with zero attached hydrogens (tertiary/aromatic N) is 1. The van der Waals surface area contributed by atoms with E-state index >= 15 is 0 Å². The fourth-order valence-electron chi connectivity index (χ4n) is 5.25. The molecule has 2 heteroatoms. The lowest BCUT2D eigenvalue weighted by molar-refractivity contribution is 0.106. The van der Waals surface area contributed by atoms with Crippen LogP contribution in [0.4, 0.5) is 5.69 Å². The van der Waals surface area contributed by atoms with Crippen LogP contribution in [0.3, 0.4) is 0 Å². The van der Waals surface area contributed by atoms with Crippen LogP contribution in [0.15, 0.2) is 48.5 Å². The minimum Gasteiger partial charge on any atom is -0.398 e. The monoisotopic (exact) mass is 348 g/mol. The van der Waals surface area contributed by atoms with Gasteiger partial charge in [-0.25, -0.2) is 0 Å². The molecule has 138 valence electrons. The van der Waals surface area contributed by atoms with Crippen molar-refractivity contribution in [2.75, 3.05) is 18.8 Å². The first-order valence-electron chi connectivity index (χ1n) is 10.4. The maximum atomic E-state index is 6.31. The standard InChI is InChI=1S/C24H32N2/c1-18-11-12-21(23(25)17-18)20-13-15-26(16-14-20)24-10-6-5-9-22(24)19-7-3-2-4-8-19/h2-4,7-8,11-12,17,20,22,24H,5-6,9-10,13-16,25H2,1H3/t22-,24-/m1/s1. The maximum absolute atomic E-state index is 6.31. The lowest BCUT2D eigenvalue weighted by atomic mass is 9.78. The molecule has 1 saturated heterocycles. The third kappa shape index (κ3) is 3.66. The molecule has 0 aromatic heterocycles. The summed E-state index contributed by atoms with van der Waals surface area (Å²) in [5, 5.41) is 0. The second kappa shape index (κ2) is 7.84. The molecule has 2 aromatic carbocycles. The Balaban J connectivity index is 1.44. The van der Waals surface area contributed by atoms with Gasteiger partial charge >= 0.3 is 0 Å². The molecule has 2 aliphatic rings. The van der Waals surface area contributed by atoms with Gasteiger partial charge in [-0.15, -0.1) is 0 Å². The summed E-state index contributed by atoms with van der Waals surface area (Å²) in [5.74, 6) is 1.34. The Bertz CT molecular complexity index is 716. The molecule has 2 aromatic rings. The lowest BCUT2D eigenvalue weighted by Crippen LogP contribution is -2.45. The number of nitrogens with two attached hydrogens (primary N) is 1. The summed E-state index contributed by atoms with van der Waals surface area (Å²) in [6.45, 7) is 4.55. The minimum absolute atomic E-state index is 0.630. The van der Waals surface area contributed by atoms with Crippen molar-refractivity contribution in [1.82, 2.24) is 4.90 Å². The molecule has 1 aliphatic carbocycles. The molecule has 2 atom stereocenters. The molecule has 1 heterocycles. The van der Waals surface area contributed by atoms with Crippen LogP contribution in [0.5, 0.6) is 0 Å². The first-order valence-corrected chi connectivity index (χ1v) is 10.4. The number of anilines is 1. The molecule has 2 fully saturated rings. The lowest BCUT2D eigenvalue weighted by Gasteiger charge is -2.44. The van der Waals surface area contributed by atoms with Crippen LogP contribution in [0, 0.1) is 6.92 Å². The van der Waals surface area contributed by atoms with Crippen molar-refractivity contribution < 1.29 is 0 Å². The van der Waals surface area contributed by atoms with Crippen LogP contribution in [-0.2, 0) is 0 Å². The summed E-state index contributed by atoms with van der Waals surface area (Å²) >= 11 is 0. The van der Waals surface area contributed by atoms with Gasteiger partial charge in [0, 0.05) is 11.7 Å². The zero-order chi connectivity index (χ0) is 17.9. The predicted octanol–water partition coefficient (Wildman–Crippen LogP) is 5.48. The maximum Gasteiger partial charge on any atom is 0.0352 e. The topological polar surface area (TPSA) is 29.3 Å². The Hall–Kier alpha value is -1.80. The molecule has 0 amide bonds. The van der Waals surface area contributed by atoms with Crippen molar-refractivity contribution in [3.05, 3.63) is 65.2 Å². The number of aryl methyl sites for hydroxylation is 1. The number of benzene rings is 2. The minimum atomic E-state index is 0.630. The van der Waals surface area contributed by atoms with Crippen molar-refractivity contribution in [2.45, 2.75) is 63.3 Å². The van der Waals surface area contributed by atoms with Crippen molar-refractivity contribution in [3.63, 3.8) is 0 Å². The normalized spacial score (nSPS) is 25.3. The van der Waals surface area contributed by atoms with Crippen molar-refractivity contribution in [2.24, 2.45) is 0 Å². The first kappa shape index (κ1) is 17.6. The predicted molar refractivity (Wildman–Crippen MR) is 111 cm³/mol. The van der Waals surface area contributed by atoms with Crippen LogP contribution in [0.1, 0.15) is 67.1 Å². The molecule has 0 radical (unpaired) electrons. The van der Waals surface area contributed by atoms with Crippen molar-refractivity contribution >= 4 is 5.69 Å². The van der Waals surface area contributed by atoms with E-state index in [0.717, 1.165) is 11.7 Å². The average Bonchev–Trinajstić information content (AvgIpc) is 2.69. The third-order valence-corrected chi connectivity index (χ3v) is 6.64. The van der Waals surface area contributed by atoms with E-state index in [2.05, 4.69) is 60.4 Å². The summed E-state index contributed by atoms with van der Waals surface area (Å²) in [6, 6.07) is 18.5. The van der Waals surface area contributed by atoms with Gasteiger partial charge in [0.2, 0.25) is 0 Å². The van der Waals surface area contributed by atoms with E-state index in [1.54, 1.807) is 5.56 Å². The van der Waals surface area contributed by atoms with Gasteiger partial charge in [-0.3, -0.25) is 4.90 Å². The second-order valence-electron chi connectivity index (χ2n) is 8.31. The summed E-state index contributed by atoms with van der Waals surface area (Å²) < 4.78 is 0. The summed E-state index contributed by atoms with van der Waals surface area (Å²) in [6.07, 6.45) is 7.96. The quantitative estimate of drug-likeness (QED) is 0.744. The number of rotatable bonds is 3. The van der Waals surface area contributed by atoms with Gasteiger partial charge in [0.1, 0.15) is 0 Å². The summed E-state index contributed by atoms with van der Waals surface area (Å²) in [5.41, 5.74) is 11.5. The molecule has 1 saturated carbocycles. The zero-order valence-electron chi connectivity index (χ0n) is 16.0. The average molecular weight is 349 g/mol. The van der Waals surface area contributed by atoms with Crippen LogP contribution in [-0.4, -0.2) is 24.0 Å². The Morgan fingerprint density at radius 1 is 0.885 bits per heavy atom. The second-order valence-corrected chi connectivity index (χ2v) is 8.31. The number of likely N-dealkylation sites (tertiary alicyclic amines) is 1. The molecule has 1 aliphatic heterocycles. The Labute approximate surface area is 158 Å². The van der Waals surface area contributed by atoms with E-state index in [1.165, 1.54) is 62.7 Å². The van der Waals surface area contributed by atoms with Gasteiger partial charge in [0.25, 0.3) is 0 Å². The van der Waals surface area contributed by atoms with Gasteiger partial charge in [0.05, 0.1) is 0 Å². The number of hydrogen-bond acceptors (Lipinski definition) is 2. The van der Waals surface area contributed by atoms with E-state index in [4.69, 9.17) is 5.73 Å². The van der Waals surface area contributed by atoms with E-state index < -0.39 is 0 Å². The molecule has 0 spiro atoms. The molecule has 0 bridgehead atoms. The number of piperidine rings is 1. The Kier molecular flexibility index (Phi) is 5.31. The van der Waals surface area contributed by atoms with Crippen LogP contribution in [0.2, 0.25) is 0 Å². The van der Waals surface area contributed by atoms with Crippen molar-refractivity contribution in [1.29, 1.82) is 0 Å². The SMILES string of the molecule is Cc1ccc(C2CCN([C@@H]3CCCC[C@@H]3c3ccccc3)CC2)c(N)c1. The molecular weight excluding hydrogens is 316 g/mol. The van der Waals surface area contributed by atoms with Gasteiger partial charge in [-0.2, -0.15) is 0 Å². The number of hydrogen-bond donors (Lipinski definition) is 1. The molecule has 0 unspecified atom stereocenters. The molecule has 2 N–H and O–H groups in total. The smallest absolute Gasteiger partial charge is 0.0352 e. The van der Waals surface area contributed by atoms with Crippen LogP contribution < -0.4 is 5.73 Å². The molecule has 2 nitrogen and oxygen atoms in total. The summed E-state index contributed by atoms with van der Waals surface area (Å²) in [7, 11) is 0. The Morgan fingerprint density at radius 2 is 1.62 bits per heavy atom.